The summed E-state index contributed by atoms with van der Waals surface area (Å²) in [4.78, 5) is 2.80. The average molecular weight is 301 g/mol. The van der Waals surface area contributed by atoms with Gasteiger partial charge in [0.15, 0.2) is 0 Å². The largest absolute Gasteiger partial charge is 0.493 e. The standard InChI is InChI=1S/C18H23NOS/c1-4-8-19-18(16-10-12(2)21-13(16)3)15-5-6-17-14(11-15)7-9-20-17/h5-6,10-11,18-19H,4,7-9H2,1-3H3. The van der Waals surface area contributed by atoms with Crippen LogP contribution in [0, 0.1) is 13.8 Å². The van der Waals surface area contributed by atoms with Gasteiger partial charge >= 0.3 is 0 Å². The molecule has 1 aliphatic heterocycles. The van der Waals surface area contributed by atoms with Crippen molar-refractivity contribution in [2.75, 3.05) is 13.2 Å². The van der Waals surface area contributed by atoms with Gasteiger partial charge in [-0.05, 0) is 55.6 Å². The van der Waals surface area contributed by atoms with E-state index in [1.54, 1.807) is 0 Å². The fraction of sp³-hybridized carbons (Fsp3) is 0.444. The Bertz CT molecular complexity index is 632. The first-order valence-electron chi connectivity index (χ1n) is 7.75. The molecule has 0 aliphatic carbocycles. The molecule has 1 atom stereocenters. The number of ether oxygens (including phenoxy) is 1. The van der Waals surface area contributed by atoms with Crippen LogP contribution in [0.15, 0.2) is 24.3 Å². The first kappa shape index (κ1) is 14.6. The maximum absolute atomic E-state index is 5.63. The summed E-state index contributed by atoms with van der Waals surface area (Å²) in [7, 11) is 0. The zero-order valence-corrected chi connectivity index (χ0v) is 13.8. The highest BCUT2D eigenvalue weighted by molar-refractivity contribution is 7.12. The Morgan fingerprint density at radius 3 is 2.86 bits per heavy atom. The molecular formula is C18H23NOS. The van der Waals surface area contributed by atoms with Crippen molar-refractivity contribution in [2.45, 2.75) is 39.7 Å². The summed E-state index contributed by atoms with van der Waals surface area (Å²) in [5, 5.41) is 3.71. The van der Waals surface area contributed by atoms with Gasteiger partial charge in [0.1, 0.15) is 5.75 Å². The summed E-state index contributed by atoms with van der Waals surface area (Å²) in [5.41, 5.74) is 4.12. The van der Waals surface area contributed by atoms with E-state index in [2.05, 4.69) is 50.4 Å². The van der Waals surface area contributed by atoms with Gasteiger partial charge in [0.25, 0.3) is 0 Å². The van der Waals surface area contributed by atoms with E-state index < -0.39 is 0 Å². The number of rotatable bonds is 5. The molecular weight excluding hydrogens is 278 g/mol. The van der Waals surface area contributed by atoms with Crippen LogP contribution in [0.4, 0.5) is 0 Å². The van der Waals surface area contributed by atoms with Gasteiger partial charge in [0, 0.05) is 16.2 Å². The molecule has 0 saturated heterocycles. The molecule has 1 aliphatic rings. The Hall–Kier alpha value is -1.32. The van der Waals surface area contributed by atoms with Crippen LogP contribution in [-0.2, 0) is 6.42 Å². The molecule has 1 aromatic carbocycles. The van der Waals surface area contributed by atoms with Gasteiger partial charge < -0.3 is 10.1 Å². The predicted octanol–water partition coefficient (Wildman–Crippen LogP) is 4.39. The number of thiophene rings is 1. The van der Waals surface area contributed by atoms with Crippen LogP contribution >= 0.6 is 11.3 Å². The Morgan fingerprint density at radius 1 is 1.29 bits per heavy atom. The van der Waals surface area contributed by atoms with Gasteiger partial charge in [0.05, 0.1) is 12.6 Å². The molecule has 0 bridgehead atoms. The number of fused-ring (bicyclic) bond motifs is 1. The molecule has 0 spiro atoms. The van der Waals surface area contributed by atoms with Crippen LogP contribution in [0.25, 0.3) is 0 Å². The molecule has 1 aromatic heterocycles. The van der Waals surface area contributed by atoms with Crippen LogP contribution in [-0.4, -0.2) is 13.2 Å². The number of nitrogens with one attached hydrogen (secondary N) is 1. The van der Waals surface area contributed by atoms with Crippen molar-refractivity contribution >= 4 is 11.3 Å². The molecule has 2 heterocycles. The number of hydrogen-bond acceptors (Lipinski definition) is 3. The molecule has 1 unspecified atom stereocenters. The molecule has 0 saturated carbocycles. The third kappa shape index (κ3) is 2.99. The first-order chi connectivity index (χ1) is 10.2. The third-order valence-electron chi connectivity index (χ3n) is 4.04. The number of aryl methyl sites for hydroxylation is 2. The minimum atomic E-state index is 0.292. The molecule has 2 aromatic rings. The zero-order valence-electron chi connectivity index (χ0n) is 13.0. The highest BCUT2D eigenvalue weighted by atomic mass is 32.1. The van der Waals surface area contributed by atoms with Gasteiger partial charge in [-0.15, -0.1) is 11.3 Å². The van der Waals surface area contributed by atoms with Gasteiger partial charge in [0.2, 0.25) is 0 Å². The van der Waals surface area contributed by atoms with E-state index in [9.17, 15) is 0 Å². The second-order valence-electron chi connectivity index (χ2n) is 5.72. The molecule has 112 valence electrons. The summed E-state index contributed by atoms with van der Waals surface area (Å²) in [6.45, 7) is 8.49. The van der Waals surface area contributed by atoms with Crippen LogP contribution in [0.1, 0.15) is 45.8 Å². The lowest BCUT2D eigenvalue weighted by Crippen LogP contribution is -2.23. The first-order valence-corrected chi connectivity index (χ1v) is 8.56. The molecule has 1 N–H and O–H groups in total. The maximum atomic E-state index is 5.63. The Balaban J connectivity index is 1.97. The fourth-order valence-electron chi connectivity index (χ4n) is 3.02. The highest BCUT2D eigenvalue weighted by Gasteiger charge is 2.20. The highest BCUT2D eigenvalue weighted by Crippen LogP contribution is 2.34. The van der Waals surface area contributed by atoms with Crippen molar-refractivity contribution in [3.8, 4) is 5.75 Å². The molecule has 2 nitrogen and oxygen atoms in total. The monoisotopic (exact) mass is 301 g/mol. The minimum Gasteiger partial charge on any atom is -0.493 e. The van der Waals surface area contributed by atoms with Gasteiger partial charge in [-0.25, -0.2) is 0 Å². The van der Waals surface area contributed by atoms with Gasteiger partial charge in [-0.3, -0.25) is 0 Å². The van der Waals surface area contributed by atoms with E-state index in [4.69, 9.17) is 4.74 Å². The summed E-state index contributed by atoms with van der Waals surface area (Å²) in [6.07, 6.45) is 2.18. The molecule has 0 radical (unpaired) electrons. The summed E-state index contributed by atoms with van der Waals surface area (Å²) >= 11 is 1.89. The van der Waals surface area contributed by atoms with Crippen LogP contribution < -0.4 is 10.1 Å². The van der Waals surface area contributed by atoms with Crippen molar-refractivity contribution in [3.05, 3.63) is 50.7 Å². The second-order valence-corrected chi connectivity index (χ2v) is 7.18. The van der Waals surface area contributed by atoms with Crippen LogP contribution in [0.5, 0.6) is 5.75 Å². The minimum absolute atomic E-state index is 0.292. The van der Waals surface area contributed by atoms with E-state index in [-0.39, 0.29) is 0 Å². The lowest BCUT2D eigenvalue weighted by molar-refractivity contribution is 0.357. The molecule has 0 fully saturated rings. The van der Waals surface area contributed by atoms with Gasteiger partial charge in [-0.2, -0.15) is 0 Å². The van der Waals surface area contributed by atoms with Crippen molar-refractivity contribution in [2.24, 2.45) is 0 Å². The Morgan fingerprint density at radius 2 is 2.14 bits per heavy atom. The van der Waals surface area contributed by atoms with Crippen molar-refractivity contribution in [3.63, 3.8) is 0 Å². The normalized spacial score (nSPS) is 14.8. The number of hydrogen-bond donors (Lipinski definition) is 1. The third-order valence-corrected chi connectivity index (χ3v) is 5.02. The second kappa shape index (κ2) is 6.20. The van der Waals surface area contributed by atoms with E-state index in [0.29, 0.717) is 6.04 Å². The summed E-state index contributed by atoms with van der Waals surface area (Å²) in [6, 6.07) is 9.29. The molecule has 3 heteroatoms. The van der Waals surface area contributed by atoms with E-state index in [1.165, 1.54) is 26.4 Å². The molecule has 0 amide bonds. The zero-order chi connectivity index (χ0) is 14.8. The van der Waals surface area contributed by atoms with Crippen molar-refractivity contribution in [1.82, 2.24) is 5.32 Å². The van der Waals surface area contributed by atoms with Crippen LogP contribution in [0.3, 0.4) is 0 Å². The lowest BCUT2D eigenvalue weighted by atomic mass is 9.96. The lowest BCUT2D eigenvalue weighted by Gasteiger charge is -2.20. The molecule has 3 rings (SSSR count). The molecule has 21 heavy (non-hydrogen) atoms. The van der Waals surface area contributed by atoms with E-state index in [0.717, 1.165) is 31.7 Å². The van der Waals surface area contributed by atoms with Gasteiger partial charge in [-0.1, -0.05) is 19.1 Å². The predicted molar refractivity (Wildman–Crippen MR) is 89.6 cm³/mol. The number of benzene rings is 1. The smallest absolute Gasteiger partial charge is 0.122 e. The Labute approximate surface area is 131 Å². The van der Waals surface area contributed by atoms with E-state index >= 15 is 0 Å². The quantitative estimate of drug-likeness (QED) is 0.884. The Kier molecular flexibility index (Phi) is 4.32. The van der Waals surface area contributed by atoms with Crippen LogP contribution in [0.2, 0.25) is 0 Å². The topological polar surface area (TPSA) is 21.3 Å². The van der Waals surface area contributed by atoms with Crippen molar-refractivity contribution in [1.29, 1.82) is 0 Å². The summed E-state index contributed by atoms with van der Waals surface area (Å²) in [5.74, 6) is 1.06. The average Bonchev–Trinajstić information content (AvgIpc) is 3.05. The summed E-state index contributed by atoms with van der Waals surface area (Å²) < 4.78 is 5.63. The van der Waals surface area contributed by atoms with E-state index in [1.807, 2.05) is 11.3 Å². The maximum Gasteiger partial charge on any atom is 0.122 e. The SMILES string of the molecule is CCCNC(c1ccc2c(c1)CCO2)c1cc(C)sc1C. The fourth-order valence-corrected chi connectivity index (χ4v) is 3.98. The van der Waals surface area contributed by atoms with Crippen molar-refractivity contribution < 1.29 is 4.74 Å².